The third-order valence-electron chi connectivity index (χ3n) is 2.74. The second kappa shape index (κ2) is 6.72. The van der Waals surface area contributed by atoms with Crippen molar-refractivity contribution in [1.82, 2.24) is 9.88 Å². The van der Waals surface area contributed by atoms with Crippen LogP contribution >= 0.6 is 0 Å². The van der Waals surface area contributed by atoms with Crippen LogP contribution in [0.15, 0.2) is 17.1 Å². The normalized spacial score (nSPS) is 10.2. The molecule has 2 N–H and O–H groups in total. The van der Waals surface area contributed by atoms with Crippen LogP contribution in [0.1, 0.15) is 35.8 Å². The van der Waals surface area contributed by atoms with E-state index in [0.29, 0.717) is 12.2 Å². The third kappa shape index (κ3) is 4.24. The van der Waals surface area contributed by atoms with Gasteiger partial charge in [0, 0.05) is 24.5 Å². The maximum absolute atomic E-state index is 11.6. The maximum atomic E-state index is 11.6. The minimum atomic E-state index is -1.29. The number of amides is 1. The van der Waals surface area contributed by atoms with Crippen LogP contribution in [0.25, 0.3) is 0 Å². The Bertz CT molecular complexity index is 534. The Kier molecular flexibility index (Phi) is 5.29. The first-order valence-corrected chi connectivity index (χ1v) is 6.16. The average molecular weight is 266 g/mol. The number of pyridine rings is 1. The van der Waals surface area contributed by atoms with Crippen LogP contribution in [0.5, 0.6) is 0 Å². The predicted molar refractivity (Wildman–Crippen MR) is 70.3 cm³/mol. The van der Waals surface area contributed by atoms with Gasteiger partial charge in [-0.2, -0.15) is 0 Å². The van der Waals surface area contributed by atoms with Gasteiger partial charge in [0.2, 0.25) is 5.91 Å². The molecule has 0 unspecified atom stereocenters. The summed E-state index contributed by atoms with van der Waals surface area (Å²) in [5, 5.41) is 11.6. The summed E-state index contributed by atoms with van der Waals surface area (Å²) in [6.45, 7) is 4.29. The maximum Gasteiger partial charge on any atom is 0.341 e. The lowest BCUT2D eigenvalue weighted by molar-refractivity contribution is -0.121. The molecule has 1 heterocycles. The van der Waals surface area contributed by atoms with E-state index in [1.807, 2.05) is 6.92 Å². The predicted octanol–water partition coefficient (Wildman–Crippen LogP) is 0.771. The molecule has 0 bridgehead atoms. The Balaban J connectivity index is 2.83. The summed E-state index contributed by atoms with van der Waals surface area (Å²) in [7, 11) is 0. The molecule has 104 valence electrons. The lowest BCUT2D eigenvalue weighted by Gasteiger charge is -2.11. The first-order valence-electron chi connectivity index (χ1n) is 6.16. The van der Waals surface area contributed by atoms with E-state index < -0.39 is 11.4 Å². The minimum absolute atomic E-state index is 0.0100. The summed E-state index contributed by atoms with van der Waals surface area (Å²) in [5.41, 5.74) is -0.319. The molecule has 0 aliphatic carbocycles. The van der Waals surface area contributed by atoms with Gasteiger partial charge in [0.05, 0.1) is 0 Å². The Hall–Kier alpha value is -2.11. The molecule has 0 spiro atoms. The average Bonchev–Trinajstić information content (AvgIpc) is 2.32. The molecule has 0 radical (unpaired) electrons. The third-order valence-corrected chi connectivity index (χ3v) is 2.74. The van der Waals surface area contributed by atoms with E-state index in [0.717, 1.165) is 12.8 Å². The van der Waals surface area contributed by atoms with Gasteiger partial charge in [-0.05, 0) is 13.3 Å². The largest absolute Gasteiger partial charge is 0.477 e. The highest BCUT2D eigenvalue weighted by Gasteiger charge is 2.12. The van der Waals surface area contributed by atoms with Crippen LogP contribution in [0.3, 0.4) is 0 Å². The van der Waals surface area contributed by atoms with Crippen LogP contribution in [-0.2, 0) is 11.3 Å². The lowest BCUT2D eigenvalue weighted by Crippen LogP contribution is -2.30. The number of carbonyl (C=O) groups excluding carboxylic acids is 1. The standard InChI is InChI=1S/C13H18N2O4/c1-3-4-5-14-12(17)8-15-7-10(13(18)19)11(16)6-9(15)2/h6-7H,3-5,8H2,1-2H3,(H,14,17)(H,18,19). The zero-order valence-electron chi connectivity index (χ0n) is 11.1. The van der Waals surface area contributed by atoms with E-state index in [1.54, 1.807) is 6.92 Å². The van der Waals surface area contributed by atoms with Crippen LogP contribution in [0.2, 0.25) is 0 Å². The highest BCUT2D eigenvalue weighted by Crippen LogP contribution is 2.00. The number of aromatic carboxylic acids is 1. The Morgan fingerprint density at radius 1 is 1.42 bits per heavy atom. The summed E-state index contributed by atoms with van der Waals surface area (Å²) >= 11 is 0. The van der Waals surface area contributed by atoms with Crippen LogP contribution in [0, 0.1) is 6.92 Å². The SMILES string of the molecule is CCCCNC(=O)Cn1cc(C(=O)O)c(=O)cc1C. The van der Waals surface area contributed by atoms with Gasteiger partial charge in [-0.3, -0.25) is 9.59 Å². The number of rotatable bonds is 6. The van der Waals surface area contributed by atoms with Crippen molar-refractivity contribution in [3.8, 4) is 0 Å². The molecular weight excluding hydrogens is 248 g/mol. The van der Waals surface area contributed by atoms with Crippen molar-refractivity contribution in [1.29, 1.82) is 0 Å². The Morgan fingerprint density at radius 3 is 2.68 bits per heavy atom. The van der Waals surface area contributed by atoms with Gasteiger partial charge in [0.15, 0.2) is 5.43 Å². The van der Waals surface area contributed by atoms with Gasteiger partial charge >= 0.3 is 5.97 Å². The number of aromatic nitrogens is 1. The van der Waals surface area contributed by atoms with Gasteiger partial charge in [-0.25, -0.2) is 4.79 Å². The molecule has 19 heavy (non-hydrogen) atoms. The molecular formula is C13H18N2O4. The zero-order valence-corrected chi connectivity index (χ0v) is 11.1. The summed E-state index contributed by atoms with van der Waals surface area (Å²) in [6, 6.07) is 1.22. The van der Waals surface area contributed by atoms with Gasteiger partial charge in [-0.1, -0.05) is 13.3 Å². The van der Waals surface area contributed by atoms with Gasteiger partial charge in [0.25, 0.3) is 0 Å². The summed E-state index contributed by atoms with van der Waals surface area (Å²) in [6.07, 6.45) is 3.09. The monoisotopic (exact) mass is 266 g/mol. The Morgan fingerprint density at radius 2 is 2.11 bits per heavy atom. The molecule has 1 amide bonds. The molecule has 1 aromatic heterocycles. The fraction of sp³-hybridized carbons (Fsp3) is 0.462. The van der Waals surface area contributed by atoms with Gasteiger partial charge in [0.1, 0.15) is 12.1 Å². The summed E-state index contributed by atoms with van der Waals surface area (Å²) in [5.74, 6) is -1.48. The smallest absolute Gasteiger partial charge is 0.341 e. The number of nitrogens with one attached hydrogen (secondary N) is 1. The number of aryl methyl sites for hydroxylation is 1. The first kappa shape index (κ1) is 14.9. The first-order chi connectivity index (χ1) is 8.95. The van der Waals surface area contributed by atoms with E-state index in [-0.39, 0.29) is 18.0 Å². The molecule has 1 aromatic rings. The van der Waals surface area contributed by atoms with E-state index >= 15 is 0 Å². The van der Waals surface area contributed by atoms with Crippen molar-refractivity contribution in [3.05, 3.63) is 33.7 Å². The van der Waals surface area contributed by atoms with E-state index in [4.69, 9.17) is 5.11 Å². The summed E-state index contributed by atoms with van der Waals surface area (Å²) in [4.78, 5) is 34.0. The van der Waals surface area contributed by atoms with Crippen molar-refractivity contribution in [2.24, 2.45) is 0 Å². The number of hydrogen-bond acceptors (Lipinski definition) is 3. The number of carbonyl (C=O) groups is 2. The second-order valence-electron chi connectivity index (χ2n) is 4.33. The molecule has 6 nitrogen and oxygen atoms in total. The lowest BCUT2D eigenvalue weighted by atomic mass is 10.2. The molecule has 0 saturated heterocycles. The molecule has 0 atom stereocenters. The molecule has 0 fully saturated rings. The van der Waals surface area contributed by atoms with Gasteiger partial charge < -0.3 is 15.0 Å². The molecule has 1 rings (SSSR count). The number of hydrogen-bond donors (Lipinski definition) is 2. The molecule has 0 aliphatic heterocycles. The van der Waals surface area contributed by atoms with E-state index in [9.17, 15) is 14.4 Å². The quantitative estimate of drug-likeness (QED) is 0.744. The van der Waals surface area contributed by atoms with Crippen LogP contribution in [-0.4, -0.2) is 28.1 Å². The summed E-state index contributed by atoms with van der Waals surface area (Å²) < 4.78 is 1.46. The van der Waals surface area contributed by atoms with Crippen molar-refractivity contribution in [2.45, 2.75) is 33.2 Å². The fourth-order valence-corrected chi connectivity index (χ4v) is 1.62. The van der Waals surface area contributed by atoms with E-state index in [1.165, 1.54) is 16.8 Å². The molecule has 0 aromatic carbocycles. The van der Waals surface area contributed by atoms with Gasteiger partial charge in [-0.15, -0.1) is 0 Å². The minimum Gasteiger partial charge on any atom is -0.477 e. The van der Waals surface area contributed by atoms with Crippen molar-refractivity contribution < 1.29 is 14.7 Å². The molecule has 6 heteroatoms. The highest BCUT2D eigenvalue weighted by molar-refractivity contribution is 5.87. The number of carboxylic acid groups (broad SMARTS) is 1. The van der Waals surface area contributed by atoms with Crippen LogP contribution in [0.4, 0.5) is 0 Å². The second-order valence-corrected chi connectivity index (χ2v) is 4.33. The topological polar surface area (TPSA) is 88.4 Å². The number of carboxylic acids is 1. The highest BCUT2D eigenvalue weighted by atomic mass is 16.4. The fourth-order valence-electron chi connectivity index (χ4n) is 1.62. The van der Waals surface area contributed by atoms with Crippen molar-refractivity contribution >= 4 is 11.9 Å². The van der Waals surface area contributed by atoms with Crippen LogP contribution < -0.4 is 10.7 Å². The van der Waals surface area contributed by atoms with Crippen molar-refractivity contribution in [3.63, 3.8) is 0 Å². The Labute approximate surface area is 111 Å². The van der Waals surface area contributed by atoms with E-state index in [2.05, 4.69) is 5.32 Å². The zero-order chi connectivity index (χ0) is 14.4. The number of nitrogens with zero attached hydrogens (tertiary/aromatic N) is 1. The van der Waals surface area contributed by atoms with Crippen molar-refractivity contribution in [2.75, 3.05) is 6.54 Å². The number of unbranched alkanes of at least 4 members (excludes halogenated alkanes) is 1. The molecule has 0 saturated carbocycles. The molecule has 0 aliphatic rings.